The predicted octanol–water partition coefficient (Wildman–Crippen LogP) is 2.07. The van der Waals surface area contributed by atoms with Gasteiger partial charge in [0.2, 0.25) is 0 Å². The Hall–Kier alpha value is -1.60. The lowest BCUT2D eigenvalue weighted by atomic mass is 10.3. The first-order chi connectivity index (χ1) is 9.69. The van der Waals surface area contributed by atoms with Crippen molar-refractivity contribution in [2.75, 3.05) is 19.4 Å². The van der Waals surface area contributed by atoms with Crippen LogP contribution in [-0.2, 0) is 14.3 Å². The summed E-state index contributed by atoms with van der Waals surface area (Å²) in [7, 11) is 1.50. The van der Waals surface area contributed by atoms with Crippen molar-refractivity contribution in [1.29, 1.82) is 0 Å². The van der Waals surface area contributed by atoms with Gasteiger partial charge in [-0.25, -0.2) is 4.98 Å². The third-order valence-corrected chi connectivity index (χ3v) is 4.63. The van der Waals surface area contributed by atoms with Crippen molar-refractivity contribution >= 4 is 45.2 Å². The molecule has 2 aromatic rings. The molecule has 0 fully saturated rings. The number of amides is 1. The van der Waals surface area contributed by atoms with Crippen LogP contribution >= 0.6 is 23.1 Å². The fraction of sp³-hybridized carbons (Fsp3) is 0.308. The van der Waals surface area contributed by atoms with Gasteiger partial charge in [0.15, 0.2) is 10.9 Å². The van der Waals surface area contributed by atoms with Crippen molar-refractivity contribution < 1.29 is 14.3 Å². The minimum Gasteiger partial charge on any atom is -0.456 e. The van der Waals surface area contributed by atoms with Crippen LogP contribution in [0.25, 0.3) is 10.2 Å². The molecule has 0 spiro atoms. The molecule has 1 heterocycles. The number of aromatic nitrogens is 1. The van der Waals surface area contributed by atoms with E-state index in [0.717, 1.165) is 14.6 Å². The maximum atomic E-state index is 11.4. The molecule has 0 bridgehead atoms. The summed E-state index contributed by atoms with van der Waals surface area (Å²) in [6.07, 6.45) is 0.261. The Bertz CT molecular complexity index is 579. The Morgan fingerprint density at radius 2 is 2.20 bits per heavy atom. The highest BCUT2D eigenvalue weighted by Crippen LogP contribution is 2.29. The fourth-order valence-corrected chi connectivity index (χ4v) is 3.48. The van der Waals surface area contributed by atoms with E-state index in [0.29, 0.717) is 5.75 Å². The third-order valence-electron chi connectivity index (χ3n) is 2.45. The minimum absolute atomic E-state index is 0.221. The molecule has 0 radical (unpaired) electrons. The Balaban J connectivity index is 1.75. The Morgan fingerprint density at radius 1 is 1.40 bits per heavy atom. The van der Waals surface area contributed by atoms with Gasteiger partial charge in [0.05, 0.1) is 16.6 Å². The number of rotatable bonds is 6. The zero-order valence-electron chi connectivity index (χ0n) is 10.9. The smallest absolute Gasteiger partial charge is 0.307 e. The summed E-state index contributed by atoms with van der Waals surface area (Å²) >= 11 is 3.13. The van der Waals surface area contributed by atoms with Gasteiger partial charge in [-0.2, -0.15) is 0 Å². The second-order valence-corrected chi connectivity index (χ2v) is 6.25. The van der Waals surface area contributed by atoms with Gasteiger partial charge in [0, 0.05) is 12.8 Å². The van der Waals surface area contributed by atoms with Crippen LogP contribution in [0.4, 0.5) is 0 Å². The van der Waals surface area contributed by atoms with E-state index in [9.17, 15) is 9.59 Å². The van der Waals surface area contributed by atoms with Gasteiger partial charge >= 0.3 is 5.97 Å². The van der Waals surface area contributed by atoms with Crippen LogP contribution < -0.4 is 5.32 Å². The zero-order valence-corrected chi connectivity index (χ0v) is 12.6. The average molecular weight is 310 g/mol. The molecule has 5 nitrogen and oxygen atoms in total. The number of nitrogens with zero attached hydrogens (tertiary/aromatic N) is 1. The fourth-order valence-electron chi connectivity index (χ4n) is 1.42. The molecule has 0 aliphatic heterocycles. The van der Waals surface area contributed by atoms with Crippen molar-refractivity contribution in [2.45, 2.75) is 10.8 Å². The standard InChI is InChI=1S/C13H14N2O3S2/c1-14-11(16)8-18-12(17)6-7-19-13-15-9-4-2-3-5-10(9)20-13/h2-5H,6-8H2,1H3,(H,14,16). The van der Waals surface area contributed by atoms with Gasteiger partial charge in [-0.15, -0.1) is 11.3 Å². The second-order valence-electron chi connectivity index (χ2n) is 3.88. The average Bonchev–Trinajstić information content (AvgIpc) is 2.87. The predicted molar refractivity (Wildman–Crippen MR) is 80.0 cm³/mol. The third kappa shape index (κ3) is 4.21. The van der Waals surface area contributed by atoms with E-state index in [1.54, 1.807) is 11.3 Å². The number of thioether (sulfide) groups is 1. The van der Waals surface area contributed by atoms with Crippen molar-refractivity contribution in [3.8, 4) is 0 Å². The molecule has 0 aliphatic rings. The van der Waals surface area contributed by atoms with Crippen LogP contribution in [0.15, 0.2) is 28.6 Å². The van der Waals surface area contributed by atoms with Gasteiger partial charge in [0.1, 0.15) is 0 Å². The Kier molecular flexibility index (Phi) is 5.37. The van der Waals surface area contributed by atoms with Crippen molar-refractivity contribution in [2.24, 2.45) is 0 Å². The SMILES string of the molecule is CNC(=O)COC(=O)CCSc1nc2ccccc2s1. The van der Waals surface area contributed by atoms with Gasteiger partial charge < -0.3 is 10.1 Å². The number of carbonyl (C=O) groups is 2. The molecule has 0 saturated heterocycles. The maximum Gasteiger partial charge on any atom is 0.307 e. The highest BCUT2D eigenvalue weighted by Gasteiger charge is 2.08. The van der Waals surface area contributed by atoms with Gasteiger partial charge in [-0.1, -0.05) is 23.9 Å². The number of nitrogens with one attached hydrogen (secondary N) is 1. The summed E-state index contributed by atoms with van der Waals surface area (Å²) in [6, 6.07) is 7.92. The van der Waals surface area contributed by atoms with E-state index in [2.05, 4.69) is 10.3 Å². The lowest BCUT2D eigenvalue weighted by molar-refractivity contribution is -0.147. The first-order valence-electron chi connectivity index (χ1n) is 6.03. The first kappa shape index (κ1) is 14.8. The Morgan fingerprint density at radius 3 is 2.95 bits per heavy atom. The number of ether oxygens (including phenoxy) is 1. The van der Waals surface area contributed by atoms with Crippen molar-refractivity contribution in [3.05, 3.63) is 24.3 Å². The highest BCUT2D eigenvalue weighted by molar-refractivity contribution is 8.01. The monoisotopic (exact) mass is 310 g/mol. The summed E-state index contributed by atoms with van der Waals surface area (Å²) < 4.78 is 6.88. The maximum absolute atomic E-state index is 11.4. The molecular formula is C13H14N2O3S2. The molecule has 2 rings (SSSR count). The molecule has 1 aromatic carbocycles. The number of esters is 1. The summed E-state index contributed by atoms with van der Waals surface area (Å²) in [5.41, 5.74) is 0.974. The zero-order chi connectivity index (χ0) is 14.4. The molecule has 0 aliphatic carbocycles. The summed E-state index contributed by atoms with van der Waals surface area (Å²) in [6.45, 7) is -0.221. The normalized spacial score (nSPS) is 10.4. The Labute approximate surface area is 124 Å². The number of carbonyl (C=O) groups excluding carboxylic acids is 2. The number of fused-ring (bicyclic) bond motifs is 1. The molecule has 1 aromatic heterocycles. The lowest BCUT2D eigenvalue weighted by Gasteiger charge is -2.02. The number of hydrogen-bond donors (Lipinski definition) is 1. The van der Waals surface area contributed by atoms with E-state index in [1.165, 1.54) is 18.8 Å². The number of thiazole rings is 1. The summed E-state index contributed by atoms with van der Waals surface area (Å²) in [5, 5.41) is 2.39. The van der Waals surface area contributed by atoms with Crippen molar-refractivity contribution in [1.82, 2.24) is 10.3 Å². The van der Waals surface area contributed by atoms with Crippen LogP contribution in [-0.4, -0.2) is 36.3 Å². The minimum atomic E-state index is -0.373. The quantitative estimate of drug-likeness (QED) is 0.653. The molecule has 7 heteroatoms. The van der Waals surface area contributed by atoms with E-state index in [4.69, 9.17) is 4.74 Å². The first-order valence-corrected chi connectivity index (χ1v) is 7.84. The van der Waals surface area contributed by atoms with Gasteiger partial charge in [0.25, 0.3) is 5.91 Å². The number of benzene rings is 1. The highest BCUT2D eigenvalue weighted by atomic mass is 32.2. The number of likely N-dealkylation sites (N-methyl/N-ethyl adjacent to an activating group) is 1. The van der Waals surface area contributed by atoms with E-state index < -0.39 is 0 Å². The van der Waals surface area contributed by atoms with Crippen LogP contribution in [0.5, 0.6) is 0 Å². The van der Waals surface area contributed by atoms with E-state index in [-0.39, 0.29) is 24.9 Å². The molecule has 1 N–H and O–H groups in total. The summed E-state index contributed by atoms with van der Waals surface area (Å²) in [5.74, 6) is -0.0914. The van der Waals surface area contributed by atoms with Crippen LogP contribution in [0.3, 0.4) is 0 Å². The molecule has 20 heavy (non-hydrogen) atoms. The topological polar surface area (TPSA) is 68.3 Å². The van der Waals surface area contributed by atoms with Crippen LogP contribution in [0.1, 0.15) is 6.42 Å². The van der Waals surface area contributed by atoms with E-state index >= 15 is 0 Å². The molecule has 1 amide bonds. The second kappa shape index (κ2) is 7.25. The van der Waals surface area contributed by atoms with Crippen LogP contribution in [0, 0.1) is 0 Å². The molecule has 0 atom stereocenters. The molecule has 0 unspecified atom stereocenters. The number of para-hydroxylation sites is 1. The number of hydrogen-bond acceptors (Lipinski definition) is 6. The molecular weight excluding hydrogens is 296 g/mol. The van der Waals surface area contributed by atoms with Crippen molar-refractivity contribution in [3.63, 3.8) is 0 Å². The van der Waals surface area contributed by atoms with Crippen LogP contribution in [0.2, 0.25) is 0 Å². The molecule has 106 valence electrons. The van der Waals surface area contributed by atoms with E-state index in [1.807, 2.05) is 24.3 Å². The van der Waals surface area contributed by atoms with Gasteiger partial charge in [-0.05, 0) is 12.1 Å². The largest absolute Gasteiger partial charge is 0.456 e. The summed E-state index contributed by atoms with van der Waals surface area (Å²) in [4.78, 5) is 26.8. The lowest BCUT2D eigenvalue weighted by Crippen LogP contribution is -2.25. The van der Waals surface area contributed by atoms with Gasteiger partial charge in [-0.3, -0.25) is 9.59 Å². The molecule has 0 saturated carbocycles.